The molecule has 0 aliphatic carbocycles. The van der Waals surface area contributed by atoms with Crippen molar-refractivity contribution in [2.75, 3.05) is 26.2 Å². The number of fused-ring (bicyclic) bond motifs is 1. The zero-order chi connectivity index (χ0) is 16.4. The predicted molar refractivity (Wildman–Crippen MR) is 90.5 cm³/mol. The lowest BCUT2D eigenvalue weighted by atomic mass is 10.1. The summed E-state index contributed by atoms with van der Waals surface area (Å²) in [7, 11) is 0. The van der Waals surface area contributed by atoms with Crippen LogP contribution in [-0.2, 0) is 11.2 Å². The van der Waals surface area contributed by atoms with Crippen LogP contribution in [0.2, 0.25) is 0 Å². The number of carbonyl (C=O) groups is 1. The van der Waals surface area contributed by atoms with Gasteiger partial charge in [0.25, 0.3) is 0 Å². The number of H-pyrrole nitrogens is 2. The first-order valence-electron chi connectivity index (χ1n) is 8.33. The van der Waals surface area contributed by atoms with Crippen molar-refractivity contribution in [1.82, 2.24) is 19.8 Å². The molecule has 1 aliphatic heterocycles. The van der Waals surface area contributed by atoms with Gasteiger partial charge in [0.1, 0.15) is 0 Å². The highest BCUT2D eigenvalue weighted by Gasteiger charge is 2.28. The van der Waals surface area contributed by atoms with Gasteiger partial charge in [-0.1, -0.05) is 19.9 Å². The molecule has 6 heteroatoms. The Morgan fingerprint density at radius 1 is 1.22 bits per heavy atom. The number of nitrogens with zero attached hydrogens (tertiary/aromatic N) is 2. The molecule has 124 valence electrons. The van der Waals surface area contributed by atoms with Crippen molar-refractivity contribution in [2.24, 2.45) is 0 Å². The Kier molecular flexibility index (Phi) is 4.52. The minimum Gasteiger partial charge on any atom is -0.337 e. The lowest BCUT2D eigenvalue weighted by Crippen LogP contribution is -2.55. The molecule has 2 heterocycles. The maximum atomic E-state index is 12.7. The number of rotatable bonds is 4. The summed E-state index contributed by atoms with van der Waals surface area (Å²) in [4.78, 5) is 33.9. The molecule has 1 unspecified atom stereocenters. The van der Waals surface area contributed by atoms with Gasteiger partial charge in [-0.15, -0.1) is 0 Å². The number of benzene rings is 1. The van der Waals surface area contributed by atoms with Crippen LogP contribution in [0.3, 0.4) is 0 Å². The van der Waals surface area contributed by atoms with Crippen molar-refractivity contribution in [3.05, 3.63) is 34.2 Å². The number of hydrogen-bond acceptors (Lipinski definition) is 3. The van der Waals surface area contributed by atoms with Crippen LogP contribution in [0.25, 0.3) is 11.0 Å². The van der Waals surface area contributed by atoms with Crippen molar-refractivity contribution in [3.8, 4) is 0 Å². The van der Waals surface area contributed by atoms with Crippen LogP contribution in [0.1, 0.15) is 25.8 Å². The van der Waals surface area contributed by atoms with Crippen LogP contribution in [0.5, 0.6) is 0 Å². The molecule has 1 saturated heterocycles. The molecule has 0 bridgehead atoms. The van der Waals surface area contributed by atoms with E-state index in [4.69, 9.17) is 0 Å². The molecule has 0 saturated carbocycles. The molecule has 1 aromatic carbocycles. The fourth-order valence-corrected chi connectivity index (χ4v) is 3.35. The van der Waals surface area contributed by atoms with Gasteiger partial charge in [-0.2, -0.15) is 0 Å². The summed E-state index contributed by atoms with van der Waals surface area (Å²) in [5.74, 6) is 0.171. The summed E-state index contributed by atoms with van der Waals surface area (Å²) in [6, 6.07) is 5.94. The number of imidazole rings is 1. The van der Waals surface area contributed by atoms with E-state index < -0.39 is 0 Å². The van der Waals surface area contributed by atoms with E-state index in [1.807, 2.05) is 23.1 Å². The van der Waals surface area contributed by atoms with Crippen LogP contribution in [0.15, 0.2) is 23.0 Å². The molecule has 3 rings (SSSR count). The van der Waals surface area contributed by atoms with Crippen molar-refractivity contribution in [2.45, 2.75) is 32.7 Å². The zero-order valence-electron chi connectivity index (χ0n) is 13.8. The van der Waals surface area contributed by atoms with E-state index >= 15 is 0 Å². The Balaban J connectivity index is 1.73. The molecule has 6 nitrogen and oxygen atoms in total. The van der Waals surface area contributed by atoms with E-state index in [0.717, 1.165) is 49.2 Å². The Bertz CT molecular complexity index is 748. The number of aromatic amines is 2. The van der Waals surface area contributed by atoms with Crippen LogP contribution in [-0.4, -0.2) is 57.9 Å². The SMILES string of the molecule is CCC1CN(CC)CCN1C(=O)Cc1ccc2[nH]c(=O)[nH]c2c1. The number of hydrogen-bond donors (Lipinski definition) is 2. The van der Waals surface area contributed by atoms with Crippen molar-refractivity contribution in [3.63, 3.8) is 0 Å². The number of carbonyl (C=O) groups excluding carboxylic acids is 1. The number of likely N-dealkylation sites (N-methyl/N-ethyl adjacent to an activating group) is 1. The van der Waals surface area contributed by atoms with Crippen molar-refractivity contribution in [1.29, 1.82) is 0 Å². The lowest BCUT2D eigenvalue weighted by Gasteiger charge is -2.41. The van der Waals surface area contributed by atoms with Gasteiger partial charge in [0.15, 0.2) is 0 Å². The highest BCUT2D eigenvalue weighted by atomic mass is 16.2. The second-order valence-corrected chi connectivity index (χ2v) is 6.18. The van der Waals surface area contributed by atoms with E-state index in [1.165, 1.54) is 0 Å². The van der Waals surface area contributed by atoms with Gasteiger partial charge in [0, 0.05) is 25.7 Å². The normalized spacial score (nSPS) is 19.4. The molecule has 1 atom stereocenters. The van der Waals surface area contributed by atoms with Crippen molar-refractivity contribution >= 4 is 16.9 Å². The Morgan fingerprint density at radius 3 is 2.74 bits per heavy atom. The number of amides is 1. The van der Waals surface area contributed by atoms with Crippen LogP contribution >= 0.6 is 0 Å². The summed E-state index contributed by atoms with van der Waals surface area (Å²) < 4.78 is 0. The van der Waals surface area contributed by atoms with E-state index in [-0.39, 0.29) is 11.6 Å². The van der Waals surface area contributed by atoms with Crippen LogP contribution < -0.4 is 5.69 Å². The standard InChI is InChI=1S/C17H24N4O2/c1-3-13-11-20(4-2)7-8-21(13)16(22)10-12-5-6-14-15(9-12)19-17(23)18-14/h5-6,9,13H,3-4,7-8,10-11H2,1-2H3,(H2,18,19,23). The molecule has 1 amide bonds. The smallest absolute Gasteiger partial charge is 0.323 e. The van der Waals surface area contributed by atoms with Crippen LogP contribution in [0, 0.1) is 0 Å². The maximum absolute atomic E-state index is 12.7. The Hall–Kier alpha value is -2.08. The van der Waals surface area contributed by atoms with Gasteiger partial charge in [0.05, 0.1) is 17.5 Å². The highest BCUT2D eigenvalue weighted by molar-refractivity contribution is 5.82. The molecule has 0 radical (unpaired) electrons. The number of aromatic nitrogens is 2. The second-order valence-electron chi connectivity index (χ2n) is 6.18. The minimum atomic E-state index is -0.217. The van der Waals surface area contributed by atoms with E-state index in [9.17, 15) is 9.59 Å². The predicted octanol–water partition coefficient (Wildman–Crippen LogP) is 1.34. The Labute approximate surface area is 135 Å². The third-order valence-electron chi connectivity index (χ3n) is 4.74. The van der Waals surface area contributed by atoms with E-state index in [2.05, 4.69) is 28.7 Å². The van der Waals surface area contributed by atoms with Gasteiger partial charge < -0.3 is 14.9 Å². The monoisotopic (exact) mass is 316 g/mol. The van der Waals surface area contributed by atoms with E-state index in [1.54, 1.807) is 0 Å². The fourth-order valence-electron chi connectivity index (χ4n) is 3.35. The highest BCUT2D eigenvalue weighted by Crippen LogP contribution is 2.16. The van der Waals surface area contributed by atoms with Gasteiger partial charge in [0.2, 0.25) is 5.91 Å². The summed E-state index contributed by atoms with van der Waals surface area (Å²) in [5, 5.41) is 0. The third kappa shape index (κ3) is 3.32. The fraction of sp³-hybridized carbons (Fsp3) is 0.529. The summed E-state index contributed by atoms with van der Waals surface area (Å²) in [6.45, 7) is 8.05. The second kappa shape index (κ2) is 6.58. The molecule has 0 spiro atoms. The molecule has 1 aromatic heterocycles. The molecular weight excluding hydrogens is 292 g/mol. The molecule has 2 aromatic rings. The summed E-state index contributed by atoms with van der Waals surface area (Å²) in [6.07, 6.45) is 1.36. The first kappa shape index (κ1) is 15.8. The zero-order valence-corrected chi connectivity index (χ0v) is 13.8. The minimum absolute atomic E-state index is 0.171. The molecule has 1 fully saturated rings. The maximum Gasteiger partial charge on any atom is 0.323 e. The molecule has 23 heavy (non-hydrogen) atoms. The Morgan fingerprint density at radius 2 is 2.00 bits per heavy atom. The largest absolute Gasteiger partial charge is 0.337 e. The number of piperazine rings is 1. The van der Waals surface area contributed by atoms with E-state index in [0.29, 0.717) is 12.5 Å². The summed E-state index contributed by atoms with van der Waals surface area (Å²) >= 11 is 0. The first-order valence-corrected chi connectivity index (χ1v) is 8.33. The van der Waals surface area contributed by atoms with Gasteiger partial charge in [-0.3, -0.25) is 9.69 Å². The number of nitrogens with one attached hydrogen (secondary N) is 2. The average Bonchev–Trinajstić information content (AvgIpc) is 2.93. The van der Waals surface area contributed by atoms with Crippen molar-refractivity contribution < 1.29 is 4.79 Å². The van der Waals surface area contributed by atoms with Gasteiger partial charge in [-0.05, 0) is 30.7 Å². The summed E-state index contributed by atoms with van der Waals surface area (Å²) in [5.41, 5.74) is 2.24. The molecular formula is C17H24N4O2. The first-order chi connectivity index (χ1) is 11.1. The third-order valence-corrected chi connectivity index (χ3v) is 4.74. The lowest BCUT2D eigenvalue weighted by molar-refractivity contribution is -0.135. The topological polar surface area (TPSA) is 72.2 Å². The van der Waals surface area contributed by atoms with Gasteiger partial charge in [-0.25, -0.2) is 4.79 Å². The molecule has 2 N–H and O–H groups in total. The quantitative estimate of drug-likeness (QED) is 0.894. The van der Waals surface area contributed by atoms with Crippen LogP contribution in [0.4, 0.5) is 0 Å². The average molecular weight is 316 g/mol. The molecule has 1 aliphatic rings. The van der Waals surface area contributed by atoms with Gasteiger partial charge >= 0.3 is 5.69 Å².